The van der Waals surface area contributed by atoms with Crippen molar-refractivity contribution in [3.8, 4) is 11.1 Å². The van der Waals surface area contributed by atoms with Gasteiger partial charge in [0, 0.05) is 21.3 Å². The van der Waals surface area contributed by atoms with Crippen LogP contribution in [0.25, 0.3) is 11.1 Å². The lowest BCUT2D eigenvalue weighted by atomic mass is 9.80. The maximum Gasteiger partial charge on any atom is 0.0919 e. The Morgan fingerprint density at radius 3 is 2.04 bits per heavy atom. The van der Waals surface area contributed by atoms with Crippen LogP contribution in [0.2, 0.25) is 0 Å². The molecule has 3 heteroatoms. The van der Waals surface area contributed by atoms with E-state index in [-0.39, 0.29) is 10.5 Å². The van der Waals surface area contributed by atoms with Crippen LogP contribution in [0.15, 0.2) is 54.6 Å². The highest BCUT2D eigenvalue weighted by molar-refractivity contribution is 7.86. The normalized spacial score (nSPS) is 33.3. The summed E-state index contributed by atoms with van der Waals surface area (Å²) in [4.78, 5) is 0. The molecular weight excluding hydrogens is 304 g/mol. The number of fused-ring (bicyclic) bond motifs is 2. The van der Waals surface area contributed by atoms with E-state index >= 15 is 0 Å². The lowest BCUT2D eigenvalue weighted by molar-refractivity contribution is 0.00655. The first-order valence-corrected chi connectivity index (χ1v) is 9.71. The molecule has 2 heterocycles. The van der Waals surface area contributed by atoms with Crippen molar-refractivity contribution in [2.24, 2.45) is 0 Å². The third-order valence-electron chi connectivity index (χ3n) is 5.37. The van der Waals surface area contributed by atoms with Gasteiger partial charge in [-0.3, -0.25) is 4.21 Å². The first kappa shape index (κ1) is 15.1. The van der Waals surface area contributed by atoms with Gasteiger partial charge in [-0.1, -0.05) is 61.0 Å². The molecular formula is C20H22O2S. The van der Waals surface area contributed by atoms with Gasteiger partial charge in [-0.25, -0.2) is 0 Å². The Hall–Kier alpha value is -1.45. The molecule has 2 aliphatic rings. The summed E-state index contributed by atoms with van der Waals surface area (Å²) in [6, 6.07) is 18.5. The summed E-state index contributed by atoms with van der Waals surface area (Å²) in [5.41, 5.74) is 2.52. The predicted octanol–water partition coefficient (Wildman–Crippen LogP) is 4.00. The molecule has 2 aromatic rings. The molecule has 2 atom stereocenters. The second-order valence-corrected chi connectivity index (χ2v) is 8.88. The van der Waals surface area contributed by atoms with Crippen LogP contribution in [0, 0.1) is 0 Å². The second kappa shape index (κ2) is 5.88. The van der Waals surface area contributed by atoms with Crippen molar-refractivity contribution in [2.75, 3.05) is 0 Å². The van der Waals surface area contributed by atoms with Gasteiger partial charge in [-0.2, -0.15) is 0 Å². The third-order valence-corrected chi connectivity index (χ3v) is 7.49. The minimum Gasteiger partial charge on any atom is -0.385 e. The highest BCUT2D eigenvalue weighted by Crippen LogP contribution is 2.44. The van der Waals surface area contributed by atoms with Crippen LogP contribution in [0.1, 0.15) is 37.7 Å². The fourth-order valence-electron chi connectivity index (χ4n) is 4.12. The van der Waals surface area contributed by atoms with E-state index in [1.165, 1.54) is 5.56 Å². The minimum absolute atomic E-state index is 0.168. The van der Waals surface area contributed by atoms with Gasteiger partial charge in [0.25, 0.3) is 0 Å². The van der Waals surface area contributed by atoms with Gasteiger partial charge < -0.3 is 5.11 Å². The van der Waals surface area contributed by atoms with E-state index in [0.717, 1.165) is 30.4 Å². The van der Waals surface area contributed by atoms with Crippen LogP contribution in [0.5, 0.6) is 0 Å². The average Bonchev–Trinajstić information content (AvgIpc) is 2.57. The zero-order chi connectivity index (χ0) is 15.9. The van der Waals surface area contributed by atoms with Gasteiger partial charge in [0.05, 0.1) is 5.60 Å². The molecule has 0 spiro atoms. The lowest BCUT2D eigenvalue weighted by Gasteiger charge is -2.43. The first-order chi connectivity index (χ1) is 11.2. The van der Waals surface area contributed by atoms with Crippen LogP contribution in [0.4, 0.5) is 0 Å². The largest absolute Gasteiger partial charge is 0.385 e. The molecule has 2 bridgehead atoms. The van der Waals surface area contributed by atoms with Crippen LogP contribution in [-0.4, -0.2) is 19.8 Å². The molecule has 2 aliphatic heterocycles. The zero-order valence-corrected chi connectivity index (χ0v) is 14.0. The Morgan fingerprint density at radius 1 is 0.870 bits per heavy atom. The Labute approximate surface area is 140 Å². The molecule has 0 radical (unpaired) electrons. The van der Waals surface area contributed by atoms with Crippen molar-refractivity contribution in [1.29, 1.82) is 0 Å². The lowest BCUT2D eigenvalue weighted by Crippen LogP contribution is -2.47. The maximum atomic E-state index is 12.4. The molecule has 0 saturated carbocycles. The van der Waals surface area contributed by atoms with E-state index in [0.29, 0.717) is 12.8 Å². The molecule has 4 rings (SSSR count). The van der Waals surface area contributed by atoms with Crippen LogP contribution in [0.3, 0.4) is 0 Å². The number of rotatable bonds is 2. The van der Waals surface area contributed by atoms with Gasteiger partial charge in [0.15, 0.2) is 0 Å². The molecule has 2 nitrogen and oxygen atoms in total. The van der Waals surface area contributed by atoms with Crippen molar-refractivity contribution < 1.29 is 9.32 Å². The molecule has 2 fully saturated rings. The highest BCUT2D eigenvalue weighted by atomic mass is 32.2. The van der Waals surface area contributed by atoms with Crippen molar-refractivity contribution in [3.05, 3.63) is 60.2 Å². The number of benzene rings is 2. The van der Waals surface area contributed by atoms with Gasteiger partial charge in [-0.15, -0.1) is 0 Å². The summed E-state index contributed by atoms with van der Waals surface area (Å²) in [7, 11) is -0.750. The molecule has 1 N–H and O–H groups in total. The molecule has 0 aliphatic carbocycles. The van der Waals surface area contributed by atoms with Crippen molar-refractivity contribution in [2.45, 2.75) is 48.2 Å². The SMILES string of the molecule is O=S1C2CCCC1CC(O)(c1ccc(-c3ccccc3)cc1)C2. The van der Waals surface area contributed by atoms with E-state index in [1.54, 1.807) is 0 Å². The monoisotopic (exact) mass is 326 g/mol. The van der Waals surface area contributed by atoms with Crippen LogP contribution in [-0.2, 0) is 16.4 Å². The van der Waals surface area contributed by atoms with E-state index in [2.05, 4.69) is 24.3 Å². The Kier molecular flexibility index (Phi) is 3.86. The fourth-order valence-corrected chi connectivity index (χ4v) is 6.34. The Bertz CT molecular complexity index is 692. The van der Waals surface area contributed by atoms with Gasteiger partial charge in [-0.05, 0) is 42.4 Å². The van der Waals surface area contributed by atoms with E-state index in [1.807, 2.05) is 30.3 Å². The molecule has 0 aromatic heterocycles. The summed E-state index contributed by atoms with van der Waals surface area (Å²) in [6.07, 6.45) is 4.42. The topological polar surface area (TPSA) is 37.3 Å². The summed E-state index contributed by atoms with van der Waals surface area (Å²) >= 11 is 0. The van der Waals surface area contributed by atoms with Crippen LogP contribution < -0.4 is 0 Å². The van der Waals surface area contributed by atoms with Crippen LogP contribution >= 0.6 is 0 Å². The summed E-state index contributed by atoms with van der Waals surface area (Å²) < 4.78 is 12.4. The summed E-state index contributed by atoms with van der Waals surface area (Å²) in [5, 5.41) is 11.5. The van der Waals surface area contributed by atoms with Gasteiger partial charge in [0.1, 0.15) is 0 Å². The fraction of sp³-hybridized carbons (Fsp3) is 0.400. The first-order valence-electron chi connectivity index (χ1n) is 8.43. The van der Waals surface area contributed by atoms with E-state index in [9.17, 15) is 9.32 Å². The molecule has 2 saturated heterocycles. The smallest absolute Gasteiger partial charge is 0.0919 e. The zero-order valence-electron chi connectivity index (χ0n) is 13.2. The number of hydrogen-bond donors (Lipinski definition) is 1. The highest BCUT2D eigenvalue weighted by Gasteiger charge is 2.46. The van der Waals surface area contributed by atoms with Gasteiger partial charge >= 0.3 is 0 Å². The predicted molar refractivity (Wildman–Crippen MR) is 94.6 cm³/mol. The van der Waals surface area contributed by atoms with Crippen molar-refractivity contribution >= 4 is 10.8 Å². The van der Waals surface area contributed by atoms with Crippen molar-refractivity contribution in [1.82, 2.24) is 0 Å². The molecule has 23 heavy (non-hydrogen) atoms. The number of hydrogen-bond acceptors (Lipinski definition) is 2. The molecule has 2 aromatic carbocycles. The number of aliphatic hydroxyl groups is 1. The van der Waals surface area contributed by atoms with Gasteiger partial charge in [0.2, 0.25) is 0 Å². The van der Waals surface area contributed by atoms with E-state index < -0.39 is 16.4 Å². The third kappa shape index (κ3) is 2.77. The van der Waals surface area contributed by atoms with E-state index in [4.69, 9.17) is 0 Å². The quantitative estimate of drug-likeness (QED) is 0.905. The second-order valence-electron chi connectivity index (χ2n) is 6.89. The summed E-state index contributed by atoms with van der Waals surface area (Å²) in [5.74, 6) is 0. The minimum atomic E-state index is -0.807. The molecule has 0 amide bonds. The summed E-state index contributed by atoms with van der Waals surface area (Å²) in [6.45, 7) is 0. The van der Waals surface area contributed by atoms with Crippen molar-refractivity contribution in [3.63, 3.8) is 0 Å². The Balaban J connectivity index is 1.62. The Morgan fingerprint density at radius 2 is 1.43 bits per heavy atom. The molecule has 120 valence electrons. The standard InChI is InChI=1S/C20H22O2S/c21-20(13-18-7-4-8-19(14-20)23(18)22)17-11-9-16(10-12-17)15-5-2-1-3-6-15/h1-3,5-6,9-12,18-19,21H,4,7-8,13-14H2. The molecule has 2 unspecified atom stereocenters. The average molecular weight is 326 g/mol. The maximum absolute atomic E-state index is 12.4.